The Labute approximate surface area is 274 Å². The summed E-state index contributed by atoms with van der Waals surface area (Å²) in [5.74, 6) is 0. The third-order valence-corrected chi connectivity index (χ3v) is 9.85. The van der Waals surface area contributed by atoms with E-state index in [0.29, 0.717) is 0 Å². The summed E-state index contributed by atoms with van der Waals surface area (Å²) in [6.45, 7) is 2.25. The van der Waals surface area contributed by atoms with Crippen LogP contribution in [0.1, 0.15) is 25.3 Å². The SMILES string of the molecule is CCCCc1cccc2c1oc1c(-c3ccc(-c4c5ccccc5c(-c5ccccc5)c5ccccc45)cc3)cc3ccccc3c12. The van der Waals surface area contributed by atoms with Crippen molar-refractivity contribution in [1.29, 1.82) is 0 Å². The fourth-order valence-corrected chi connectivity index (χ4v) is 7.66. The van der Waals surface area contributed by atoms with Crippen LogP contribution in [0.4, 0.5) is 0 Å². The van der Waals surface area contributed by atoms with Gasteiger partial charge in [0.15, 0.2) is 0 Å². The van der Waals surface area contributed by atoms with Crippen molar-refractivity contribution in [1.82, 2.24) is 0 Å². The molecule has 0 aliphatic carbocycles. The zero-order chi connectivity index (χ0) is 31.3. The highest BCUT2D eigenvalue weighted by molar-refractivity contribution is 6.23. The lowest BCUT2D eigenvalue weighted by Crippen LogP contribution is -1.90. The lowest BCUT2D eigenvalue weighted by molar-refractivity contribution is 0.659. The van der Waals surface area contributed by atoms with E-state index in [1.807, 2.05) is 0 Å². The molecule has 1 heteroatoms. The average Bonchev–Trinajstić information content (AvgIpc) is 3.54. The van der Waals surface area contributed by atoms with Crippen molar-refractivity contribution < 1.29 is 4.42 Å². The van der Waals surface area contributed by atoms with E-state index in [2.05, 4.69) is 159 Å². The molecular weight excluding hydrogens is 569 g/mol. The van der Waals surface area contributed by atoms with Crippen LogP contribution in [-0.2, 0) is 6.42 Å². The molecule has 9 aromatic rings. The minimum absolute atomic E-state index is 0.971. The van der Waals surface area contributed by atoms with Gasteiger partial charge < -0.3 is 4.42 Å². The van der Waals surface area contributed by atoms with E-state index in [1.165, 1.54) is 70.9 Å². The molecule has 0 fully saturated rings. The molecule has 1 aromatic heterocycles. The quantitative estimate of drug-likeness (QED) is 0.173. The maximum atomic E-state index is 6.86. The number of fused-ring (bicyclic) bond motifs is 7. The van der Waals surface area contributed by atoms with Crippen LogP contribution < -0.4 is 0 Å². The van der Waals surface area contributed by atoms with Gasteiger partial charge in [-0.3, -0.25) is 0 Å². The Hall–Kier alpha value is -5.66. The van der Waals surface area contributed by atoms with Gasteiger partial charge in [0.25, 0.3) is 0 Å². The molecule has 0 spiro atoms. The van der Waals surface area contributed by atoms with Crippen LogP contribution in [0.3, 0.4) is 0 Å². The van der Waals surface area contributed by atoms with Gasteiger partial charge in [-0.25, -0.2) is 0 Å². The molecule has 0 unspecified atom stereocenters. The number of para-hydroxylation sites is 1. The summed E-state index contributed by atoms with van der Waals surface area (Å²) in [5.41, 5.74) is 10.6. The van der Waals surface area contributed by atoms with Crippen molar-refractivity contribution >= 4 is 54.3 Å². The molecule has 0 amide bonds. The Morgan fingerprint density at radius 3 is 1.62 bits per heavy atom. The van der Waals surface area contributed by atoms with Crippen LogP contribution >= 0.6 is 0 Å². The van der Waals surface area contributed by atoms with E-state index >= 15 is 0 Å². The van der Waals surface area contributed by atoms with E-state index in [1.54, 1.807) is 0 Å². The first-order valence-corrected chi connectivity index (χ1v) is 16.8. The second kappa shape index (κ2) is 11.3. The maximum Gasteiger partial charge on any atom is 0.143 e. The Balaban J connectivity index is 1.26. The highest BCUT2D eigenvalue weighted by Crippen LogP contribution is 2.45. The van der Waals surface area contributed by atoms with Crippen molar-refractivity contribution in [3.8, 4) is 33.4 Å². The van der Waals surface area contributed by atoms with Gasteiger partial charge in [0, 0.05) is 16.3 Å². The molecule has 0 bridgehead atoms. The number of unbranched alkanes of at least 4 members (excludes halogenated alkanes) is 1. The third kappa shape index (κ3) is 4.46. The third-order valence-electron chi connectivity index (χ3n) is 9.85. The predicted octanol–water partition coefficient (Wildman–Crippen LogP) is 13.4. The summed E-state index contributed by atoms with van der Waals surface area (Å²) in [7, 11) is 0. The molecule has 0 radical (unpaired) electrons. The van der Waals surface area contributed by atoms with Crippen LogP contribution in [0, 0.1) is 0 Å². The first-order chi connectivity index (χ1) is 23.3. The number of hydrogen-bond donors (Lipinski definition) is 0. The Morgan fingerprint density at radius 1 is 0.447 bits per heavy atom. The Bertz CT molecular complexity index is 2530. The minimum Gasteiger partial charge on any atom is -0.455 e. The highest BCUT2D eigenvalue weighted by atomic mass is 16.3. The van der Waals surface area contributed by atoms with E-state index < -0.39 is 0 Å². The van der Waals surface area contributed by atoms with Crippen LogP contribution in [0.2, 0.25) is 0 Å². The molecule has 0 saturated carbocycles. The van der Waals surface area contributed by atoms with Gasteiger partial charge in [-0.1, -0.05) is 159 Å². The zero-order valence-electron chi connectivity index (χ0n) is 26.5. The molecule has 47 heavy (non-hydrogen) atoms. The monoisotopic (exact) mass is 602 g/mol. The molecule has 0 aliphatic heterocycles. The van der Waals surface area contributed by atoms with Crippen molar-refractivity contribution in [3.05, 3.63) is 157 Å². The number of rotatable bonds is 6. The standard InChI is InChI=1S/C46H34O/c1-2-3-14-33-18-13-24-40-44-35-19-8-7-17-34(35)29-41(46(44)47-45(33)40)30-25-27-32(28-26-30)43-38-22-11-9-20-36(38)42(31-15-5-4-6-16-31)37-21-10-12-23-39(37)43/h4-13,15-29H,2-3,14H2,1H3. The molecule has 0 saturated heterocycles. The fourth-order valence-electron chi connectivity index (χ4n) is 7.66. The number of hydrogen-bond acceptors (Lipinski definition) is 1. The highest BCUT2D eigenvalue weighted by Gasteiger charge is 2.19. The topological polar surface area (TPSA) is 13.1 Å². The number of furan rings is 1. The molecule has 224 valence electrons. The predicted molar refractivity (Wildman–Crippen MR) is 201 cm³/mol. The largest absolute Gasteiger partial charge is 0.455 e. The van der Waals surface area contributed by atoms with Crippen molar-refractivity contribution in [2.24, 2.45) is 0 Å². The summed E-state index contributed by atoms with van der Waals surface area (Å²) < 4.78 is 6.86. The van der Waals surface area contributed by atoms with Crippen LogP contribution in [-0.4, -0.2) is 0 Å². The van der Waals surface area contributed by atoms with E-state index in [9.17, 15) is 0 Å². The second-order valence-electron chi connectivity index (χ2n) is 12.6. The van der Waals surface area contributed by atoms with Gasteiger partial charge >= 0.3 is 0 Å². The Kier molecular flexibility index (Phi) is 6.64. The minimum atomic E-state index is 0.971. The van der Waals surface area contributed by atoms with Gasteiger partial charge in [0.05, 0.1) is 0 Å². The summed E-state index contributed by atoms with van der Waals surface area (Å²) in [4.78, 5) is 0. The van der Waals surface area contributed by atoms with Crippen LogP contribution in [0.25, 0.3) is 87.6 Å². The van der Waals surface area contributed by atoms with Gasteiger partial charge in [-0.2, -0.15) is 0 Å². The lowest BCUT2D eigenvalue weighted by Gasteiger charge is -2.18. The second-order valence-corrected chi connectivity index (χ2v) is 12.6. The van der Waals surface area contributed by atoms with Gasteiger partial charge in [0.1, 0.15) is 11.2 Å². The molecule has 8 aromatic carbocycles. The van der Waals surface area contributed by atoms with Crippen molar-refractivity contribution in [2.75, 3.05) is 0 Å². The first-order valence-electron chi connectivity index (χ1n) is 16.8. The van der Waals surface area contributed by atoms with Crippen LogP contribution in [0.15, 0.2) is 156 Å². The molecule has 9 rings (SSSR count). The zero-order valence-corrected chi connectivity index (χ0v) is 26.5. The molecule has 1 heterocycles. The maximum absolute atomic E-state index is 6.86. The van der Waals surface area contributed by atoms with E-state index in [-0.39, 0.29) is 0 Å². The normalized spacial score (nSPS) is 11.8. The molecular formula is C46H34O. The average molecular weight is 603 g/mol. The molecule has 0 N–H and O–H groups in total. The summed E-state index contributed by atoms with van der Waals surface area (Å²) in [6, 6.07) is 55.3. The van der Waals surface area contributed by atoms with Crippen molar-refractivity contribution in [3.63, 3.8) is 0 Å². The van der Waals surface area contributed by atoms with E-state index in [4.69, 9.17) is 4.42 Å². The summed E-state index contributed by atoms with van der Waals surface area (Å²) >= 11 is 0. The lowest BCUT2D eigenvalue weighted by atomic mass is 9.85. The molecule has 0 aliphatic rings. The number of benzene rings is 8. The van der Waals surface area contributed by atoms with Gasteiger partial charge in [0.2, 0.25) is 0 Å². The summed E-state index contributed by atoms with van der Waals surface area (Å²) in [5, 5.41) is 9.97. The fraction of sp³-hybridized carbons (Fsp3) is 0.0870. The van der Waals surface area contributed by atoms with E-state index in [0.717, 1.165) is 41.6 Å². The molecule has 1 nitrogen and oxygen atoms in total. The smallest absolute Gasteiger partial charge is 0.143 e. The Morgan fingerprint density at radius 2 is 0.979 bits per heavy atom. The molecule has 0 atom stereocenters. The van der Waals surface area contributed by atoms with Gasteiger partial charge in [-0.15, -0.1) is 0 Å². The first kappa shape index (κ1) is 27.6. The van der Waals surface area contributed by atoms with Crippen molar-refractivity contribution in [2.45, 2.75) is 26.2 Å². The van der Waals surface area contributed by atoms with Crippen LogP contribution in [0.5, 0.6) is 0 Å². The van der Waals surface area contributed by atoms with Gasteiger partial charge in [-0.05, 0) is 84.6 Å². The summed E-state index contributed by atoms with van der Waals surface area (Å²) in [6.07, 6.45) is 3.35. The number of aryl methyl sites for hydroxylation is 1.